The smallest absolute Gasteiger partial charge is 0.00208 e. The summed E-state index contributed by atoms with van der Waals surface area (Å²) in [6, 6.07) is 17.0. The molecule has 1 heterocycles. The average Bonchev–Trinajstić information content (AvgIpc) is 2.89. The van der Waals surface area contributed by atoms with Gasteiger partial charge in [0.1, 0.15) is 0 Å². The fourth-order valence-corrected chi connectivity index (χ4v) is 2.58. The molecule has 0 bridgehead atoms. The van der Waals surface area contributed by atoms with Gasteiger partial charge in [-0.3, -0.25) is 0 Å². The standard InChI is InChI=1S/C16H12S/c1-2-7-16-14(4-1)5-3-6-15(16)9-8-13-10-11-17-12-13/h1-12H/b9-8+. The van der Waals surface area contributed by atoms with Crippen LogP contribution in [0.25, 0.3) is 22.9 Å². The van der Waals surface area contributed by atoms with Crippen molar-refractivity contribution in [1.29, 1.82) is 0 Å². The molecule has 82 valence electrons. The van der Waals surface area contributed by atoms with Crippen molar-refractivity contribution >= 4 is 34.3 Å². The minimum atomic E-state index is 1.27. The molecule has 0 saturated heterocycles. The van der Waals surface area contributed by atoms with E-state index in [9.17, 15) is 0 Å². The van der Waals surface area contributed by atoms with Crippen molar-refractivity contribution in [2.45, 2.75) is 0 Å². The number of hydrogen-bond donors (Lipinski definition) is 0. The highest BCUT2D eigenvalue weighted by Gasteiger charge is 1.96. The van der Waals surface area contributed by atoms with Crippen LogP contribution < -0.4 is 0 Å². The van der Waals surface area contributed by atoms with Gasteiger partial charge < -0.3 is 0 Å². The van der Waals surface area contributed by atoms with Gasteiger partial charge in [0.25, 0.3) is 0 Å². The Morgan fingerprint density at radius 2 is 1.71 bits per heavy atom. The molecule has 0 amide bonds. The van der Waals surface area contributed by atoms with Crippen LogP contribution >= 0.6 is 11.3 Å². The minimum absolute atomic E-state index is 1.27. The summed E-state index contributed by atoms with van der Waals surface area (Å²) in [5.74, 6) is 0. The highest BCUT2D eigenvalue weighted by Crippen LogP contribution is 2.20. The molecule has 1 aromatic heterocycles. The largest absolute Gasteiger partial charge is 0.152 e. The third-order valence-electron chi connectivity index (χ3n) is 2.82. The van der Waals surface area contributed by atoms with E-state index < -0.39 is 0 Å². The van der Waals surface area contributed by atoms with Crippen molar-refractivity contribution in [2.24, 2.45) is 0 Å². The van der Waals surface area contributed by atoms with Crippen LogP contribution in [0.2, 0.25) is 0 Å². The van der Waals surface area contributed by atoms with Crippen molar-refractivity contribution in [2.75, 3.05) is 0 Å². The molecule has 0 nitrogen and oxygen atoms in total. The fraction of sp³-hybridized carbons (Fsp3) is 0. The lowest BCUT2D eigenvalue weighted by Crippen LogP contribution is -1.76. The van der Waals surface area contributed by atoms with Gasteiger partial charge in [-0.25, -0.2) is 0 Å². The normalized spacial score (nSPS) is 11.3. The molecule has 0 radical (unpaired) electrons. The number of fused-ring (bicyclic) bond motifs is 1. The van der Waals surface area contributed by atoms with Crippen LogP contribution in [-0.4, -0.2) is 0 Å². The van der Waals surface area contributed by atoms with Crippen LogP contribution in [0, 0.1) is 0 Å². The topological polar surface area (TPSA) is 0 Å². The average molecular weight is 236 g/mol. The highest BCUT2D eigenvalue weighted by molar-refractivity contribution is 7.08. The van der Waals surface area contributed by atoms with Crippen molar-refractivity contribution in [3.05, 3.63) is 70.4 Å². The molecule has 0 aliphatic heterocycles. The summed E-state index contributed by atoms with van der Waals surface area (Å²) in [7, 11) is 0. The van der Waals surface area contributed by atoms with Crippen LogP contribution in [0.1, 0.15) is 11.1 Å². The zero-order valence-electron chi connectivity index (χ0n) is 9.34. The molecule has 0 unspecified atom stereocenters. The lowest BCUT2D eigenvalue weighted by Gasteiger charge is -2.01. The molecular weight excluding hydrogens is 224 g/mol. The van der Waals surface area contributed by atoms with Gasteiger partial charge >= 0.3 is 0 Å². The first-order chi connectivity index (χ1) is 8.43. The highest BCUT2D eigenvalue weighted by atomic mass is 32.1. The maximum absolute atomic E-state index is 2.18. The molecule has 0 aliphatic rings. The maximum atomic E-state index is 2.18. The minimum Gasteiger partial charge on any atom is -0.152 e. The summed E-state index contributed by atoms with van der Waals surface area (Å²) in [5.41, 5.74) is 2.54. The first kappa shape index (κ1) is 10.3. The Bertz CT molecular complexity index is 643. The lowest BCUT2D eigenvalue weighted by atomic mass is 10.0. The Kier molecular flexibility index (Phi) is 2.76. The van der Waals surface area contributed by atoms with E-state index in [-0.39, 0.29) is 0 Å². The van der Waals surface area contributed by atoms with E-state index in [1.54, 1.807) is 11.3 Å². The molecular formula is C16H12S. The second-order valence-electron chi connectivity index (χ2n) is 3.96. The monoisotopic (exact) mass is 236 g/mol. The molecule has 0 N–H and O–H groups in total. The summed E-state index contributed by atoms with van der Waals surface area (Å²) >= 11 is 1.73. The third kappa shape index (κ3) is 2.15. The number of hydrogen-bond acceptors (Lipinski definition) is 1. The number of benzene rings is 2. The lowest BCUT2D eigenvalue weighted by molar-refractivity contribution is 1.71. The molecule has 0 atom stereocenters. The van der Waals surface area contributed by atoms with E-state index in [2.05, 4.69) is 71.4 Å². The van der Waals surface area contributed by atoms with Crippen LogP contribution in [0.5, 0.6) is 0 Å². The number of rotatable bonds is 2. The molecule has 3 rings (SSSR count). The van der Waals surface area contributed by atoms with Crippen molar-refractivity contribution in [3.63, 3.8) is 0 Å². The van der Waals surface area contributed by atoms with Crippen molar-refractivity contribution in [1.82, 2.24) is 0 Å². The van der Waals surface area contributed by atoms with Gasteiger partial charge in [0.2, 0.25) is 0 Å². The van der Waals surface area contributed by atoms with Crippen LogP contribution in [-0.2, 0) is 0 Å². The van der Waals surface area contributed by atoms with Crippen LogP contribution in [0.4, 0.5) is 0 Å². The van der Waals surface area contributed by atoms with E-state index in [1.807, 2.05) is 0 Å². The number of thiophene rings is 1. The van der Waals surface area contributed by atoms with Gasteiger partial charge in [0, 0.05) is 0 Å². The summed E-state index contributed by atoms with van der Waals surface area (Å²) in [4.78, 5) is 0. The van der Waals surface area contributed by atoms with Gasteiger partial charge in [-0.2, -0.15) is 11.3 Å². The molecule has 1 heteroatoms. The van der Waals surface area contributed by atoms with E-state index in [0.717, 1.165) is 0 Å². The maximum Gasteiger partial charge on any atom is -0.00208 e. The van der Waals surface area contributed by atoms with Gasteiger partial charge in [-0.05, 0) is 38.7 Å². The first-order valence-electron chi connectivity index (χ1n) is 5.61. The molecule has 0 fully saturated rings. The third-order valence-corrected chi connectivity index (χ3v) is 3.52. The van der Waals surface area contributed by atoms with E-state index >= 15 is 0 Å². The Balaban J connectivity index is 2.06. The van der Waals surface area contributed by atoms with E-state index in [1.165, 1.54) is 21.9 Å². The summed E-state index contributed by atoms with van der Waals surface area (Å²) in [6.07, 6.45) is 4.35. The zero-order chi connectivity index (χ0) is 11.5. The quantitative estimate of drug-likeness (QED) is 0.582. The van der Waals surface area contributed by atoms with Crippen LogP contribution in [0.3, 0.4) is 0 Å². The van der Waals surface area contributed by atoms with Crippen LogP contribution in [0.15, 0.2) is 59.3 Å². The summed E-state index contributed by atoms with van der Waals surface area (Å²) in [5, 5.41) is 6.85. The fourth-order valence-electron chi connectivity index (χ4n) is 1.95. The van der Waals surface area contributed by atoms with Gasteiger partial charge in [0.15, 0.2) is 0 Å². The molecule has 2 aromatic carbocycles. The SMILES string of the molecule is C(=C\c1cccc2ccccc12)/c1ccsc1. The molecule has 0 spiro atoms. The second kappa shape index (κ2) is 4.56. The van der Waals surface area contributed by atoms with E-state index in [4.69, 9.17) is 0 Å². The zero-order valence-corrected chi connectivity index (χ0v) is 10.2. The predicted molar refractivity (Wildman–Crippen MR) is 77.2 cm³/mol. The molecule has 0 saturated carbocycles. The Morgan fingerprint density at radius 1 is 0.824 bits per heavy atom. The first-order valence-corrected chi connectivity index (χ1v) is 6.56. The molecule has 0 aliphatic carbocycles. The predicted octanol–water partition coefficient (Wildman–Crippen LogP) is 5.07. The molecule has 3 aromatic rings. The van der Waals surface area contributed by atoms with Crippen molar-refractivity contribution in [3.8, 4) is 0 Å². The second-order valence-corrected chi connectivity index (χ2v) is 4.74. The van der Waals surface area contributed by atoms with Gasteiger partial charge in [0.05, 0.1) is 0 Å². The summed E-state index contributed by atoms with van der Waals surface area (Å²) in [6.45, 7) is 0. The molecule has 17 heavy (non-hydrogen) atoms. The Morgan fingerprint density at radius 3 is 2.59 bits per heavy atom. The Hall–Kier alpha value is -1.86. The van der Waals surface area contributed by atoms with Gasteiger partial charge in [-0.15, -0.1) is 0 Å². The van der Waals surface area contributed by atoms with E-state index in [0.29, 0.717) is 0 Å². The van der Waals surface area contributed by atoms with Gasteiger partial charge in [-0.1, -0.05) is 54.6 Å². The van der Waals surface area contributed by atoms with Crippen molar-refractivity contribution < 1.29 is 0 Å². The summed E-state index contributed by atoms with van der Waals surface area (Å²) < 4.78 is 0. The Labute approximate surface area is 105 Å².